The van der Waals surface area contributed by atoms with Gasteiger partial charge in [-0.2, -0.15) is 0 Å². The summed E-state index contributed by atoms with van der Waals surface area (Å²) in [6.45, 7) is 6.95. The Morgan fingerprint density at radius 3 is 0.867 bits per heavy atom. The SMILES string of the molecule is Br.CCCCCCCCCC(CCCCCCCC)(CCCCCCCC)N(C)C. The molecule has 0 aromatic rings. The van der Waals surface area contributed by atoms with Crippen molar-refractivity contribution in [1.82, 2.24) is 4.90 Å². The minimum Gasteiger partial charge on any atom is -0.304 e. The van der Waals surface area contributed by atoms with Crippen molar-refractivity contribution in [3.8, 4) is 0 Å². The van der Waals surface area contributed by atoms with E-state index in [4.69, 9.17) is 0 Å². The lowest BCUT2D eigenvalue weighted by atomic mass is 9.80. The molecule has 0 aliphatic carbocycles. The predicted octanol–water partition coefficient (Wildman–Crippen LogP) is 10.5. The summed E-state index contributed by atoms with van der Waals surface area (Å²) in [6, 6.07) is 0. The summed E-state index contributed by atoms with van der Waals surface area (Å²) in [5.74, 6) is 0. The van der Waals surface area contributed by atoms with Gasteiger partial charge in [0.05, 0.1) is 0 Å². The Kier molecular flexibility index (Phi) is 26.2. The van der Waals surface area contributed by atoms with Gasteiger partial charge in [0.25, 0.3) is 0 Å². The first-order chi connectivity index (χ1) is 14.1. The van der Waals surface area contributed by atoms with E-state index in [1.807, 2.05) is 0 Å². The van der Waals surface area contributed by atoms with Gasteiger partial charge in [-0.25, -0.2) is 0 Å². The van der Waals surface area contributed by atoms with Gasteiger partial charge < -0.3 is 4.90 Å². The molecule has 0 amide bonds. The largest absolute Gasteiger partial charge is 0.304 e. The molecule has 30 heavy (non-hydrogen) atoms. The normalized spacial score (nSPS) is 11.8. The van der Waals surface area contributed by atoms with Crippen LogP contribution in [-0.2, 0) is 0 Å². The molecule has 0 fully saturated rings. The third-order valence-electron chi connectivity index (χ3n) is 7.19. The van der Waals surface area contributed by atoms with E-state index in [0.29, 0.717) is 5.54 Å². The molecule has 0 bridgehead atoms. The second-order valence-electron chi connectivity index (χ2n) is 10.0. The van der Waals surface area contributed by atoms with Crippen LogP contribution in [-0.4, -0.2) is 24.5 Å². The van der Waals surface area contributed by atoms with E-state index in [9.17, 15) is 0 Å². The fourth-order valence-corrected chi connectivity index (χ4v) is 4.93. The minimum absolute atomic E-state index is 0. The second kappa shape index (κ2) is 24.1. The summed E-state index contributed by atoms with van der Waals surface area (Å²) in [7, 11) is 4.74. The minimum atomic E-state index is 0. The van der Waals surface area contributed by atoms with Gasteiger partial charge in [0.2, 0.25) is 0 Å². The van der Waals surface area contributed by atoms with Crippen molar-refractivity contribution in [3.63, 3.8) is 0 Å². The van der Waals surface area contributed by atoms with Gasteiger partial charge in [0.15, 0.2) is 0 Å². The molecule has 0 spiro atoms. The average Bonchev–Trinajstić information content (AvgIpc) is 2.71. The van der Waals surface area contributed by atoms with Crippen LogP contribution in [0.2, 0.25) is 0 Å². The lowest BCUT2D eigenvalue weighted by Crippen LogP contribution is -2.44. The molecule has 2 heteroatoms. The molecule has 0 aliphatic heterocycles. The lowest BCUT2D eigenvalue weighted by molar-refractivity contribution is 0.104. The van der Waals surface area contributed by atoms with Crippen LogP contribution < -0.4 is 0 Å². The lowest BCUT2D eigenvalue weighted by Gasteiger charge is -2.41. The van der Waals surface area contributed by atoms with Crippen LogP contribution in [0.15, 0.2) is 0 Å². The first-order valence-electron chi connectivity index (χ1n) is 13.8. The summed E-state index contributed by atoms with van der Waals surface area (Å²) < 4.78 is 0. The first-order valence-corrected chi connectivity index (χ1v) is 13.8. The highest BCUT2D eigenvalue weighted by Gasteiger charge is 2.30. The summed E-state index contributed by atoms with van der Waals surface area (Å²) >= 11 is 0. The molecule has 184 valence electrons. The van der Waals surface area contributed by atoms with E-state index in [1.165, 1.54) is 141 Å². The fourth-order valence-electron chi connectivity index (χ4n) is 4.93. The Morgan fingerprint density at radius 2 is 0.633 bits per heavy atom. The maximum absolute atomic E-state index is 2.63. The van der Waals surface area contributed by atoms with E-state index in [2.05, 4.69) is 39.8 Å². The van der Waals surface area contributed by atoms with E-state index in [-0.39, 0.29) is 17.0 Å². The van der Waals surface area contributed by atoms with E-state index < -0.39 is 0 Å². The molecule has 0 aliphatic rings. The number of nitrogens with zero attached hydrogens (tertiary/aromatic N) is 1. The van der Waals surface area contributed by atoms with E-state index >= 15 is 0 Å². The molecule has 0 saturated heterocycles. The number of hydrogen-bond acceptors (Lipinski definition) is 1. The molecule has 0 aromatic heterocycles. The topological polar surface area (TPSA) is 3.24 Å². The van der Waals surface area contributed by atoms with Crippen LogP contribution in [0, 0.1) is 0 Å². The number of hydrogen-bond donors (Lipinski definition) is 0. The Morgan fingerprint density at radius 1 is 0.400 bits per heavy atom. The molecule has 0 heterocycles. The third kappa shape index (κ3) is 18.1. The maximum atomic E-state index is 2.63. The van der Waals surface area contributed by atoms with Crippen molar-refractivity contribution in [2.45, 2.75) is 168 Å². The highest BCUT2D eigenvalue weighted by molar-refractivity contribution is 8.93. The number of rotatable bonds is 23. The molecule has 0 rings (SSSR count). The molecule has 0 radical (unpaired) electrons. The van der Waals surface area contributed by atoms with Crippen LogP contribution in [0.3, 0.4) is 0 Å². The standard InChI is InChI=1S/C28H59N.BrH/c1-6-9-12-15-18-21-24-27-28(29(4)5,25-22-19-16-13-10-7-2)26-23-20-17-14-11-8-3;/h6-27H2,1-5H3;1H. The van der Waals surface area contributed by atoms with Crippen molar-refractivity contribution in [3.05, 3.63) is 0 Å². The van der Waals surface area contributed by atoms with Gasteiger partial charge in [0.1, 0.15) is 0 Å². The zero-order valence-electron chi connectivity index (χ0n) is 21.9. The Bertz CT molecular complexity index is 300. The molecule has 0 N–H and O–H groups in total. The molecule has 0 saturated carbocycles. The van der Waals surface area contributed by atoms with Crippen molar-refractivity contribution >= 4 is 17.0 Å². The molecule has 0 atom stereocenters. The van der Waals surface area contributed by atoms with Gasteiger partial charge >= 0.3 is 0 Å². The van der Waals surface area contributed by atoms with Gasteiger partial charge in [-0.1, -0.05) is 143 Å². The van der Waals surface area contributed by atoms with Crippen LogP contribution in [0.25, 0.3) is 0 Å². The Hall–Kier alpha value is 0.440. The van der Waals surface area contributed by atoms with Gasteiger partial charge in [-0.3, -0.25) is 0 Å². The quantitative estimate of drug-likeness (QED) is 0.129. The van der Waals surface area contributed by atoms with Gasteiger partial charge in [-0.15, -0.1) is 17.0 Å². The Balaban J connectivity index is 0. The monoisotopic (exact) mass is 489 g/mol. The third-order valence-corrected chi connectivity index (χ3v) is 7.19. The van der Waals surface area contributed by atoms with E-state index in [0.717, 1.165) is 0 Å². The first kappa shape index (κ1) is 32.6. The number of unbranched alkanes of at least 4 members (excludes halogenated alkanes) is 16. The summed E-state index contributed by atoms with van der Waals surface area (Å²) in [5.41, 5.74) is 0.471. The fraction of sp³-hybridized carbons (Fsp3) is 1.00. The second-order valence-corrected chi connectivity index (χ2v) is 10.0. The van der Waals surface area contributed by atoms with E-state index in [1.54, 1.807) is 0 Å². The molecular formula is C28H60BrN. The van der Waals surface area contributed by atoms with Crippen molar-refractivity contribution in [2.24, 2.45) is 0 Å². The zero-order valence-corrected chi connectivity index (χ0v) is 23.6. The molecular weight excluding hydrogens is 430 g/mol. The summed E-state index contributed by atoms with van der Waals surface area (Å²) in [4.78, 5) is 2.63. The molecule has 0 aromatic carbocycles. The van der Waals surface area contributed by atoms with Crippen LogP contribution in [0.5, 0.6) is 0 Å². The van der Waals surface area contributed by atoms with Crippen LogP contribution >= 0.6 is 17.0 Å². The maximum Gasteiger partial charge on any atom is 0.0203 e. The highest BCUT2D eigenvalue weighted by atomic mass is 79.9. The Labute approximate surface area is 203 Å². The van der Waals surface area contributed by atoms with Crippen molar-refractivity contribution in [2.75, 3.05) is 14.1 Å². The van der Waals surface area contributed by atoms with Crippen LogP contribution in [0.1, 0.15) is 162 Å². The molecule has 1 nitrogen and oxygen atoms in total. The summed E-state index contributed by atoms with van der Waals surface area (Å²) in [6.07, 6.45) is 31.5. The van der Waals surface area contributed by atoms with Crippen LogP contribution in [0.4, 0.5) is 0 Å². The number of halogens is 1. The van der Waals surface area contributed by atoms with Gasteiger partial charge in [-0.05, 0) is 33.4 Å². The average molecular weight is 491 g/mol. The predicted molar refractivity (Wildman–Crippen MR) is 145 cm³/mol. The zero-order chi connectivity index (χ0) is 21.6. The molecule has 0 unspecified atom stereocenters. The smallest absolute Gasteiger partial charge is 0.0203 e. The van der Waals surface area contributed by atoms with Crippen molar-refractivity contribution < 1.29 is 0 Å². The summed E-state index contributed by atoms with van der Waals surface area (Å²) in [5, 5.41) is 0. The highest BCUT2D eigenvalue weighted by Crippen LogP contribution is 2.33. The van der Waals surface area contributed by atoms with Crippen molar-refractivity contribution in [1.29, 1.82) is 0 Å². The van der Waals surface area contributed by atoms with Gasteiger partial charge in [0, 0.05) is 5.54 Å².